The van der Waals surface area contributed by atoms with Crippen LogP contribution in [0.5, 0.6) is 5.75 Å². The molecule has 2 amide bonds. The van der Waals surface area contributed by atoms with E-state index in [4.69, 9.17) is 9.47 Å². The number of hydrogen-bond donors (Lipinski definition) is 1. The van der Waals surface area contributed by atoms with Crippen molar-refractivity contribution < 1.29 is 19.1 Å². The van der Waals surface area contributed by atoms with E-state index < -0.39 is 6.09 Å². The smallest absolute Gasteiger partial charge is 0.410 e. The first kappa shape index (κ1) is 16.3. The van der Waals surface area contributed by atoms with Crippen LogP contribution in [-0.2, 0) is 9.53 Å². The summed E-state index contributed by atoms with van der Waals surface area (Å²) in [5, 5.41) is 2.82. The lowest BCUT2D eigenvalue weighted by atomic mass is 10.3. The van der Waals surface area contributed by atoms with Crippen molar-refractivity contribution in [1.82, 2.24) is 9.80 Å². The van der Waals surface area contributed by atoms with Crippen LogP contribution in [0.4, 0.5) is 10.5 Å². The van der Waals surface area contributed by atoms with E-state index in [1.165, 1.54) is 4.90 Å². The predicted molar refractivity (Wildman–Crippen MR) is 82.0 cm³/mol. The van der Waals surface area contributed by atoms with Crippen molar-refractivity contribution >= 4 is 17.7 Å². The van der Waals surface area contributed by atoms with Crippen molar-refractivity contribution in [3.8, 4) is 5.75 Å². The molecular formula is C15H21N3O4. The first-order valence-corrected chi connectivity index (χ1v) is 7.14. The fourth-order valence-electron chi connectivity index (χ4n) is 1.96. The minimum Gasteiger partial charge on any atom is -0.410 e. The van der Waals surface area contributed by atoms with Gasteiger partial charge in [-0.3, -0.25) is 9.69 Å². The lowest BCUT2D eigenvalue weighted by Gasteiger charge is -2.25. The third kappa shape index (κ3) is 5.01. The van der Waals surface area contributed by atoms with Crippen molar-refractivity contribution in [2.45, 2.75) is 0 Å². The number of carbonyl (C=O) groups excluding carboxylic acids is 2. The van der Waals surface area contributed by atoms with Gasteiger partial charge in [-0.25, -0.2) is 4.79 Å². The van der Waals surface area contributed by atoms with Gasteiger partial charge in [0.1, 0.15) is 5.75 Å². The number of amides is 2. The van der Waals surface area contributed by atoms with E-state index >= 15 is 0 Å². The summed E-state index contributed by atoms with van der Waals surface area (Å²) >= 11 is 0. The van der Waals surface area contributed by atoms with Gasteiger partial charge in [0.25, 0.3) is 0 Å². The standard InChI is InChI=1S/C15H21N3O4/c1-17(2)15(20)22-13-5-3-12(4-6-13)16-14(19)11-18-7-9-21-10-8-18/h3-6H,7-11H2,1-2H3,(H,16,19). The Labute approximate surface area is 129 Å². The molecule has 1 aliphatic heterocycles. The van der Waals surface area contributed by atoms with Crippen molar-refractivity contribution in [3.63, 3.8) is 0 Å². The average Bonchev–Trinajstić information content (AvgIpc) is 2.50. The molecule has 0 aliphatic carbocycles. The molecule has 0 aromatic heterocycles. The first-order chi connectivity index (χ1) is 10.5. The summed E-state index contributed by atoms with van der Waals surface area (Å²) in [6.07, 6.45) is -0.441. The molecule has 1 N–H and O–H groups in total. The highest BCUT2D eigenvalue weighted by atomic mass is 16.6. The lowest BCUT2D eigenvalue weighted by molar-refractivity contribution is -0.118. The molecule has 1 aliphatic rings. The number of anilines is 1. The topological polar surface area (TPSA) is 71.1 Å². The Morgan fingerprint density at radius 1 is 1.23 bits per heavy atom. The molecular weight excluding hydrogens is 286 g/mol. The van der Waals surface area contributed by atoms with E-state index in [2.05, 4.69) is 5.32 Å². The Bertz CT molecular complexity index is 510. The number of hydrogen-bond acceptors (Lipinski definition) is 5. The zero-order chi connectivity index (χ0) is 15.9. The third-order valence-electron chi connectivity index (χ3n) is 3.18. The van der Waals surface area contributed by atoms with Crippen molar-refractivity contribution in [2.24, 2.45) is 0 Å². The summed E-state index contributed by atoms with van der Waals surface area (Å²) in [5.74, 6) is 0.366. The van der Waals surface area contributed by atoms with Gasteiger partial charge in [0.2, 0.25) is 5.91 Å². The van der Waals surface area contributed by atoms with Gasteiger partial charge in [0.15, 0.2) is 0 Å². The molecule has 120 valence electrons. The van der Waals surface area contributed by atoms with E-state index in [0.29, 0.717) is 31.2 Å². The van der Waals surface area contributed by atoms with Gasteiger partial charge >= 0.3 is 6.09 Å². The SMILES string of the molecule is CN(C)C(=O)Oc1ccc(NC(=O)CN2CCOCC2)cc1. The molecule has 2 rings (SSSR count). The van der Waals surface area contributed by atoms with Crippen LogP contribution >= 0.6 is 0 Å². The lowest BCUT2D eigenvalue weighted by Crippen LogP contribution is -2.41. The van der Waals surface area contributed by atoms with Gasteiger partial charge in [-0.05, 0) is 24.3 Å². The molecule has 1 heterocycles. The monoisotopic (exact) mass is 307 g/mol. The first-order valence-electron chi connectivity index (χ1n) is 7.14. The molecule has 7 heteroatoms. The molecule has 0 radical (unpaired) electrons. The van der Waals surface area contributed by atoms with E-state index in [1.54, 1.807) is 38.4 Å². The number of carbonyl (C=O) groups is 2. The summed E-state index contributed by atoms with van der Waals surface area (Å²) < 4.78 is 10.4. The van der Waals surface area contributed by atoms with Crippen molar-refractivity contribution in [2.75, 3.05) is 52.3 Å². The van der Waals surface area contributed by atoms with Crippen LogP contribution in [0.15, 0.2) is 24.3 Å². The summed E-state index contributed by atoms with van der Waals surface area (Å²) in [6, 6.07) is 6.70. The highest BCUT2D eigenvalue weighted by Gasteiger charge is 2.14. The Morgan fingerprint density at radius 2 is 1.86 bits per heavy atom. The van der Waals surface area contributed by atoms with Crippen LogP contribution in [-0.4, -0.2) is 68.7 Å². The Balaban J connectivity index is 1.82. The highest BCUT2D eigenvalue weighted by molar-refractivity contribution is 5.92. The van der Waals surface area contributed by atoms with E-state index in [1.807, 2.05) is 4.90 Å². The van der Waals surface area contributed by atoms with Crippen LogP contribution in [0, 0.1) is 0 Å². The molecule has 0 bridgehead atoms. The molecule has 1 aromatic rings. The van der Waals surface area contributed by atoms with Crippen LogP contribution in [0.25, 0.3) is 0 Å². The normalized spacial score (nSPS) is 15.2. The van der Waals surface area contributed by atoms with Gasteiger partial charge < -0.3 is 19.7 Å². The Morgan fingerprint density at radius 3 is 2.45 bits per heavy atom. The number of nitrogens with zero attached hydrogens (tertiary/aromatic N) is 2. The van der Waals surface area contributed by atoms with Crippen LogP contribution in [0.3, 0.4) is 0 Å². The predicted octanol–water partition coefficient (Wildman–Crippen LogP) is 1.02. The molecule has 1 saturated heterocycles. The Kier molecular flexibility index (Phi) is 5.74. The molecule has 0 atom stereocenters. The summed E-state index contributed by atoms with van der Waals surface area (Å²) in [6.45, 7) is 3.22. The van der Waals surface area contributed by atoms with E-state index in [-0.39, 0.29) is 5.91 Å². The largest absolute Gasteiger partial charge is 0.414 e. The minimum absolute atomic E-state index is 0.0695. The summed E-state index contributed by atoms with van der Waals surface area (Å²) in [7, 11) is 3.23. The number of benzene rings is 1. The zero-order valence-electron chi connectivity index (χ0n) is 12.9. The summed E-state index contributed by atoms with van der Waals surface area (Å²) in [5.41, 5.74) is 0.669. The molecule has 7 nitrogen and oxygen atoms in total. The zero-order valence-corrected chi connectivity index (χ0v) is 12.9. The van der Waals surface area contributed by atoms with E-state index in [0.717, 1.165) is 13.1 Å². The molecule has 1 aromatic carbocycles. The van der Waals surface area contributed by atoms with Gasteiger partial charge in [-0.2, -0.15) is 0 Å². The van der Waals surface area contributed by atoms with Crippen molar-refractivity contribution in [3.05, 3.63) is 24.3 Å². The average molecular weight is 307 g/mol. The maximum Gasteiger partial charge on any atom is 0.414 e. The fourth-order valence-corrected chi connectivity index (χ4v) is 1.96. The second-order valence-corrected chi connectivity index (χ2v) is 5.22. The van der Waals surface area contributed by atoms with Crippen LogP contribution in [0.2, 0.25) is 0 Å². The molecule has 1 fully saturated rings. The molecule has 22 heavy (non-hydrogen) atoms. The third-order valence-corrected chi connectivity index (χ3v) is 3.18. The van der Waals surface area contributed by atoms with Crippen LogP contribution < -0.4 is 10.1 Å². The van der Waals surface area contributed by atoms with Crippen molar-refractivity contribution in [1.29, 1.82) is 0 Å². The van der Waals surface area contributed by atoms with Gasteiger partial charge in [-0.1, -0.05) is 0 Å². The summed E-state index contributed by atoms with van der Waals surface area (Å²) in [4.78, 5) is 26.8. The highest BCUT2D eigenvalue weighted by Crippen LogP contribution is 2.16. The van der Waals surface area contributed by atoms with Gasteiger partial charge in [-0.15, -0.1) is 0 Å². The van der Waals surface area contributed by atoms with Gasteiger partial charge in [0, 0.05) is 32.9 Å². The van der Waals surface area contributed by atoms with Gasteiger partial charge in [0.05, 0.1) is 19.8 Å². The number of nitrogens with one attached hydrogen (secondary N) is 1. The molecule has 0 unspecified atom stereocenters. The second kappa shape index (κ2) is 7.77. The molecule has 0 saturated carbocycles. The number of rotatable bonds is 4. The van der Waals surface area contributed by atoms with Crippen LogP contribution in [0.1, 0.15) is 0 Å². The Hall–Kier alpha value is -2.12. The maximum absolute atomic E-state index is 11.9. The quantitative estimate of drug-likeness (QED) is 0.899. The number of morpholine rings is 1. The number of ether oxygens (including phenoxy) is 2. The minimum atomic E-state index is -0.441. The maximum atomic E-state index is 11.9. The molecule has 0 spiro atoms. The van der Waals surface area contributed by atoms with E-state index in [9.17, 15) is 9.59 Å². The fraction of sp³-hybridized carbons (Fsp3) is 0.467. The second-order valence-electron chi connectivity index (χ2n) is 5.22.